The molecule has 5 heteroatoms. The lowest BCUT2D eigenvalue weighted by Crippen LogP contribution is -2.44. The summed E-state index contributed by atoms with van der Waals surface area (Å²) < 4.78 is 0. The van der Waals surface area contributed by atoms with Gasteiger partial charge in [-0.3, -0.25) is 4.79 Å². The number of anilines is 1. The van der Waals surface area contributed by atoms with E-state index >= 15 is 0 Å². The smallest absolute Gasteiger partial charge is 0.225 e. The number of hydrogen-bond donors (Lipinski definition) is 1. The number of nitrogens with zero attached hydrogens (tertiary/aromatic N) is 3. The van der Waals surface area contributed by atoms with Crippen molar-refractivity contribution in [2.24, 2.45) is 5.92 Å². The zero-order valence-corrected chi connectivity index (χ0v) is 15.7. The maximum absolute atomic E-state index is 13.2. The molecular formula is C23H24N4O. The normalized spacial score (nSPS) is 16.8. The van der Waals surface area contributed by atoms with Gasteiger partial charge >= 0.3 is 0 Å². The molecule has 1 fully saturated rings. The van der Waals surface area contributed by atoms with Crippen molar-refractivity contribution in [1.82, 2.24) is 15.3 Å². The first-order valence-corrected chi connectivity index (χ1v) is 9.73. The topological polar surface area (TPSA) is 58.1 Å². The van der Waals surface area contributed by atoms with Crippen molar-refractivity contribution in [2.45, 2.75) is 18.9 Å². The van der Waals surface area contributed by atoms with Gasteiger partial charge in [-0.2, -0.15) is 0 Å². The van der Waals surface area contributed by atoms with E-state index in [4.69, 9.17) is 0 Å². The largest absolute Gasteiger partial charge is 0.345 e. The van der Waals surface area contributed by atoms with Crippen LogP contribution in [0.5, 0.6) is 0 Å². The van der Waals surface area contributed by atoms with Gasteiger partial charge in [0.15, 0.2) is 0 Å². The summed E-state index contributed by atoms with van der Waals surface area (Å²) >= 11 is 0. The van der Waals surface area contributed by atoms with E-state index in [9.17, 15) is 4.79 Å². The summed E-state index contributed by atoms with van der Waals surface area (Å²) in [5.74, 6) is 0.702. The lowest BCUT2D eigenvalue weighted by atomic mass is 9.94. The Hall–Kier alpha value is -3.21. The minimum absolute atomic E-state index is 0.0764. The monoisotopic (exact) mass is 372 g/mol. The molecule has 1 aliphatic rings. The van der Waals surface area contributed by atoms with E-state index in [1.807, 2.05) is 42.5 Å². The van der Waals surface area contributed by atoms with Crippen LogP contribution in [0.15, 0.2) is 79.1 Å². The lowest BCUT2D eigenvalue weighted by Gasteiger charge is -2.33. The fraction of sp³-hybridized carbons (Fsp3) is 0.261. The van der Waals surface area contributed by atoms with E-state index < -0.39 is 0 Å². The molecule has 0 radical (unpaired) electrons. The van der Waals surface area contributed by atoms with Gasteiger partial charge in [0.05, 0.1) is 12.0 Å². The second-order valence-electron chi connectivity index (χ2n) is 7.10. The number of amides is 1. The molecule has 1 saturated heterocycles. The standard InChI is InChI=1S/C23H24N4O/c28-22(20-13-7-16-27(17-20)23-24-14-8-15-25-23)26-21(18-9-3-1-4-10-18)19-11-5-2-6-12-19/h1-6,8-12,14-15,20-21H,7,13,16-17H2,(H,26,28)/t20-/m1/s1. The van der Waals surface area contributed by atoms with Crippen molar-refractivity contribution in [2.75, 3.05) is 18.0 Å². The zero-order valence-electron chi connectivity index (χ0n) is 15.7. The summed E-state index contributed by atoms with van der Waals surface area (Å²) in [5.41, 5.74) is 2.17. The van der Waals surface area contributed by atoms with Crippen molar-refractivity contribution in [1.29, 1.82) is 0 Å². The van der Waals surface area contributed by atoms with E-state index in [-0.39, 0.29) is 17.9 Å². The van der Waals surface area contributed by atoms with Crippen LogP contribution in [-0.2, 0) is 4.79 Å². The van der Waals surface area contributed by atoms with E-state index in [0.717, 1.165) is 30.5 Å². The van der Waals surface area contributed by atoms with Crippen molar-refractivity contribution in [3.63, 3.8) is 0 Å². The summed E-state index contributed by atoms with van der Waals surface area (Å²) in [5, 5.41) is 3.28. The molecule has 142 valence electrons. The number of carbonyl (C=O) groups excluding carboxylic acids is 1. The highest BCUT2D eigenvalue weighted by Crippen LogP contribution is 2.25. The van der Waals surface area contributed by atoms with E-state index in [1.165, 1.54) is 0 Å². The molecule has 1 amide bonds. The van der Waals surface area contributed by atoms with Gasteiger partial charge in [0.2, 0.25) is 11.9 Å². The Morgan fingerprint density at radius 1 is 0.929 bits per heavy atom. The molecule has 3 aromatic rings. The van der Waals surface area contributed by atoms with Gasteiger partial charge < -0.3 is 10.2 Å². The number of piperidine rings is 1. The van der Waals surface area contributed by atoms with Crippen LogP contribution in [0.1, 0.15) is 30.0 Å². The fourth-order valence-corrected chi connectivity index (χ4v) is 3.74. The van der Waals surface area contributed by atoms with Crippen LogP contribution in [0.3, 0.4) is 0 Å². The summed E-state index contributed by atoms with van der Waals surface area (Å²) in [6.07, 6.45) is 5.32. The number of rotatable bonds is 5. The van der Waals surface area contributed by atoms with Crippen molar-refractivity contribution < 1.29 is 4.79 Å². The van der Waals surface area contributed by atoms with Crippen LogP contribution in [0.25, 0.3) is 0 Å². The second-order valence-corrected chi connectivity index (χ2v) is 7.10. The van der Waals surface area contributed by atoms with Crippen LogP contribution in [-0.4, -0.2) is 29.0 Å². The summed E-state index contributed by atoms with van der Waals surface area (Å²) in [7, 11) is 0. The third-order valence-electron chi connectivity index (χ3n) is 5.18. The van der Waals surface area contributed by atoms with E-state index in [1.54, 1.807) is 12.4 Å². The molecule has 0 aliphatic carbocycles. The van der Waals surface area contributed by atoms with Gasteiger partial charge in [-0.25, -0.2) is 9.97 Å². The third kappa shape index (κ3) is 4.19. The Labute approximate surface area is 165 Å². The Morgan fingerprint density at radius 2 is 1.54 bits per heavy atom. The van der Waals surface area contributed by atoms with Crippen molar-refractivity contribution in [3.8, 4) is 0 Å². The van der Waals surface area contributed by atoms with Crippen molar-refractivity contribution >= 4 is 11.9 Å². The highest BCUT2D eigenvalue weighted by molar-refractivity contribution is 5.80. The van der Waals surface area contributed by atoms with Crippen LogP contribution in [0.4, 0.5) is 5.95 Å². The summed E-state index contributed by atoms with van der Waals surface area (Å²) in [6.45, 7) is 1.53. The number of carbonyl (C=O) groups is 1. The predicted octanol–water partition coefficient (Wildman–Crippen LogP) is 3.60. The average Bonchev–Trinajstić information content (AvgIpc) is 2.79. The number of hydrogen-bond acceptors (Lipinski definition) is 4. The molecule has 5 nitrogen and oxygen atoms in total. The lowest BCUT2D eigenvalue weighted by molar-refractivity contribution is -0.125. The summed E-state index contributed by atoms with van der Waals surface area (Å²) in [4.78, 5) is 23.9. The molecule has 1 N–H and O–H groups in total. The first-order chi connectivity index (χ1) is 13.8. The van der Waals surface area contributed by atoms with Gasteiger partial charge in [-0.1, -0.05) is 60.7 Å². The van der Waals surface area contributed by atoms with E-state index in [0.29, 0.717) is 12.5 Å². The Kier molecular flexibility index (Phi) is 5.61. The quantitative estimate of drug-likeness (QED) is 0.743. The molecule has 2 heterocycles. The molecule has 0 spiro atoms. The second kappa shape index (κ2) is 8.65. The van der Waals surface area contributed by atoms with Gasteiger partial charge in [-0.05, 0) is 30.0 Å². The predicted molar refractivity (Wildman–Crippen MR) is 110 cm³/mol. The van der Waals surface area contributed by atoms with Crippen molar-refractivity contribution in [3.05, 3.63) is 90.3 Å². The first kappa shape index (κ1) is 18.2. The molecule has 0 bridgehead atoms. The maximum atomic E-state index is 13.2. The van der Waals surface area contributed by atoms with Crippen LogP contribution in [0, 0.1) is 5.92 Å². The highest BCUT2D eigenvalue weighted by atomic mass is 16.2. The molecule has 1 aromatic heterocycles. The Balaban J connectivity index is 1.51. The van der Waals surface area contributed by atoms with Gasteiger partial charge in [0, 0.05) is 25.5 Å². The molecule has 0 unspecified atom stereocenters. The molecular weight excluding hydrogens is 348 g/mol. The highest BCUT2D eigenvalue weighted by Gasteiger charge is 2.29. The van der Waals surface area contributed by atoms with Crippen LogP contribution in [0.2, 0.25) is 0 Å². The number of benzene rings is 2. The summed E-state index contributed by atoms with van der Waals surface area (Å²) in [6, 6.07) is 21.9. The van der Waals surface area contributed by atoms with Gasteiger partial charge in [0.1, 0.15) is 0 Å². The third-order valence-corrected chi connectivity index (χ3v) is 5.18. The van der Waals surface area contributed by atoms with E-state index in [2.05, 4.69) is 44.5 Å². The first-order valence-electron chi connectivity index (χ1n) is 9.73. The number of aromatic nitrogens is 2. The number of nitrogens with one attached hydrogen (secondary N) is 1. The molecule has 1 atom stereocenters. The molecule has 28 heavy (non-hydrogen) atoms. The minimum atomic E-state index is -0.154. The average molecular weight is 372 g/mol. The van der Waals surface area contributed by atoms with Gasteiger partial charge in [0.25, 0.3) is 0 Å². The Morgan fingerprint density at radius 3 is 2.14 bits per heavy atom. The molecule has 4 rings (SSSR count). The molecule has 2 aromatic carbocycles. The Bertz CT molecular complexity index is 847. The minimum Gasteiger partial charge on any atom is -0.345 e. The fourth-order valence-electron chi connectivity index (χ4n) is 3.74. The SMILES string of the molecule is O=C(NC(c1ccccc1)c1ccccc1)[C@@H]1CCCN(c2ncccn2)C1. The van der Waals surface area contributed by atoms with Crippen LogP contribution >= 0.6 is 0 Å². The molecule has 1 aliphatic heterocycles. The van der Waals surface area contributed by atoms with Gasteiger partial charge in [-0.15, -0.1) is 0 Å². The zero-order chi connectivity index (χ0) is 19.2. The molecule has 0 saturated carbocycles. The maximum Gasteiger partial charge on any atom is 0.225 e. The van der Waals surface area contributed by atoms with Crippen LogP contribution < -0.4 is 10.2 Å².